The highest BCUT2D eigenvalue weighted by molar-refractivity contribution is 5.97. The second kappa shape index (κ2) is 14.1. The van der Waals surface area contributed by atoms with Gasteiger partial charge in [0.05, 0.1) is 30.7 Å². The van der Waals surface area contributed by atoms with Gasteiger partial charge in [-0.1, -0.05) is 13.8 Å². The molecule has 1 aliphatic carbocycles. The third-order valence-corrected chi connectivity index (χ3v) is 6.89. The van der Waals surface area contributed by atoms with E-state index in [4.69, 9.17) is 14.2 Å². The SMILES string of the molecule is CCOC[C@@H](C)NC(=O)[C@@H]1CNC[C@H](C(=O)N(c2cc(OCCCOC)c(C(C)C)cc2F)C2CC2)C1. The van der Waals surface area contributed by atoms with Gasteiger partial charge >= 0.3 is 0 Å². The maximum atomic E-state index is 15.5. The predicted molar refractivity (Wildman–Crippen MR) is 142 cm³/mol. The molecule has 1 saturated carbocycles. The zero-order valence-electron chi connectivity index (χ0n) is 23.0. The molecule has 3 atom stereocenters. The average Bonchev–Trinajstić information content (AvgIpc) is 3.72. The molecule has 0 bridgehead atoms. The van der Waals surface area contributed by atoms with Gasteiger partial charge in [-0.05, 0) is 50.7 Å². The lowest BCUT2D eigenvalue weighted by atomic mass is 9.88. The van der Waals surface area contributed by atoms with Gasteiger partial charge in [0.25, 0.3) is 0 Å². The molecule has 0 aromatic heterocycles. The van der Waals surface area contributed by atoms with Gasteiger partial charge in [-0.15, -0.1) is 0 Å². The van der Waals surface area contributed by atoms with Crippen molar-refractivity contribution < 1.29 is 28.2 Å². The Kier molecular flexibility index (Phi) is 11.2. The number of carbonyl (C=O) groups is 2. The van der Waals surface area contributed by atoms with Crippen LogP contribution in [-0.4, -0.2) is 70.5 Å². The molecule has 1 aromatic rings. The molecule has 1 saturated heterocycles. The molecule has 2 aliphatic rings. The molecule has 0 radical (unpaired) electrons. The van der Waals surface area contributed by atoms with Crippen molar-refractivity contribution in [2.24, 2.45) is 11.8 Å². The number of nitrogens with one attached hydrogen (secondary N) is 2. The van der Waals surface area contributed by atoms with E-state index < -0.39 is 11.7 Å². The lowest BCUT2D eigenvalue weighted by Crippen LogP contribution is -2.51. The number of halogens is 1. The van der Waals surface area contributed by atoms with Crippen LogP contribution in [0.2, 0.25) is 0 Å². The zero-order chi connectivity index (χ0) is 26.9. The predicted octanol–water partition coefficient (Wildman–Crippen LogP) is 3.63. The van der Waals surface area contributed by atoms with Gasteiger partial charge in [0.1, 0.15) is 11.6 Å². The summed E-state index contributed by atoms with van der Waals surface area (Å²) in [6.07, 6.45) is 2.81. The van der Waals surface area contributed by atoms with Crippen LogP contribution in [0.25, 0.3) is 0 Å². The largest absolute Gasteiger partial charge is 0.493 e. The van der Waals surface area contributed by atoms with Crippen molar-refractivity contribution in [1.29, 1.82) is 0 Å². The van der Waals surface area contributed by atoms with Crippen molar-refractivity contribution in [3.63, 3.8) is 0 Å². The molecule has 3 rings (SSSR count). The second-order valence-corrected chi connectivity index (χ2v) is 10.5. The minimum Gasteiger partial charge on any atom is -0.493 e. The molecule has 2 fully saturated rings. The van der Waals surface area contributed by atoms with Crippen molar-refractivity contribution >= 4 is 17.5 Å². The Labute approximate surface area is 220 Å². The van der Waals surface area contributed by atoms with E-state index in [0.29, 0.717) is 58.1 Å². The molecule has 0 unspecified atom stereocenters. The molecule has 208 valence electrons. The maximum absolute atomic E-state index is 15.5. The minimum atomic E-state index is -0.420. The van der Waals surface area contributed by atoms with E-state index in [1.807, 2.05) is 27.7 Å². The van der Waals surface area contributed by atoms with Gasteiger partial charge in [-0.2, -0.15) is 0 Å². The highest BCUT2D eigenvalue weighted by atomic mass is 19.1. The van der Waals surface area contributed by atoms with Crippen molar-refractivity contribution in [1.82, 2.24) is 10.6 Å². The van der Waals surface area contributed by atoms with E-state index in [9.17, 15) is 9.59 Å². The first kappa shape index (κ1) is 29.3. The molecule has 8 nitrogen and oxygen atoms in total. The van der Waals surface area contributed by atoms with E-state index in [1.54, 1.807) is 18.1 Å². The Balaban J connectivity index is 1.77. The van der Waals surface area contributed by atoms with Crippen LogP contribution < -0.4 is 20.3 Å². The van der Waals surface area contributed by atoms with Crippen LogP contribution in [0.15, 0.2) is 12.1 Å². The molecule has 1 heterocycles. The number of amides is 2. The Bertz CT molecular complexity index is 908. The van der Waals surface area contributed by atoms with E-state index in [-0.39, 0.29) is 41.4 Å². The number of benzene rings is 1. The molecule has 2 N–H and O–H groups in total. The minimum absolute atomic E-state index is 0.0336. The van der Waals surface area contributed by atoms with Crippen LogP contribution in [0, 0.1) is 17.7 Å². The summed E-state index contributed by atoms with van der Waals surface area (Å²) >= 11 is 0. The summed E-state index contributed by atoms with van der Waals surface area (Å²) in [5.41, 5.74) is 1.04. The first-order valence-corrected chi connectivity index (χ1v) is 13.6. The van der Waals surface area contributed by atoms with Crippen molar-refractivity contribution in [3.05, 3.63) is 23.5 Å². The number of rotatable bonds is 14. The summed E-state index contributed by atoms with van der Waals surface area (Å²) in [6.45, 7) is 10.8. The summed E-state index contributed by atoms with van der Waals surface area (Å²) in [7, 11) is 1.64. The van der Waals surface area contributed by atoms with Gasteiger partial charge in [-0.3, -0.25) is 9.59 Å². The molecule has 37 heavy (non-hydrogen) atoms. The zero-order valence-corrected chi connectivity index (χ0v) is 23.0. The molecule has 1 aliphatic heterocycles. The third kappa shape index (κ3) is 8.12. The molecule has 2 amide bonds. The lowest BCUT2D eigenvalue weighted by molar-refractivity contribution is -0.129. The van der Waals surface area contributed by atoms with Crippen LogP contribution in [0.1, 0.15) is 64.9 Å². The fraction of sp³-hybridized carbons (Fsp3) is 0.714. The summed E-state index contributed by atoms with van der Waals surface area (Å²) < 4.78 is 32.0. The van der Waals surface area contributed by atoms with Gasteiger partial charge in [0.15, 0.2) is 0 Å². The molecular weight excluding hydrogens is 477 g/mol. The Hall–Kier alpha value is -2.23. The number of methoxy groups -OCH3 is 1. The van der Waals surface area contributed by atoms with Crippen molar-refractivity contribution in [2.75, 3.05) is 51.5 Å². The quantitative estimate of drug-likeness (QED) is 0.364. The first-order valence-electron chi connectivity index (χ1n) is 13.6. The van der Waals surface area contributed by atoms with Gasteiger partial charge in [0.2, 0.25) is 11.8 Å². The van der Waals surface area contributed by atoms with Crippen molar-refractivity contribution in [3.8, 4) is 5.75 Å². The number of carbonyl (C=O) groups excluding carboxylic acids is 2. The number of hydrogen-bond acceptors (Lipinski definition) is 6. The summed E-state index contributed by atoms with van der Waals surface area (Å²) in [6, 6.07) is 3.04. The molecular formula is C28H44FN3O5. The fourth-order valence-electron chi connectivity index (χ4n) is 4.76. The van der Waals surface area contributed by atoms with Crippen LogP contribution in [0.3, 0.4) is 0 Å². The fourth-order valence-corrected chi connectivity index (χ4v) is 4.76. The van der Waals surface area contributed by atoms with Crippen LogP contribution in [-0.2, 0) is 19.1 Å². The van der Waals surface area contributed by atoms with Crippen LogP contribution >= 0.6 is 0 Å². The maximum Gasteiger partial charge on any atom is 0.231 e. The molecule has 1 aromatic carbocycles. The van der Waals surface area contributed by atoms with Crippen LogP contribution in [0.4, 0.5) is 10.1 Å². The summed E-state index contributed by atoms with van der Waals surface area (Å²) in [5, 5.41) is 6.24. The molecule has 0 spiro atoms. The Morgan fingerprint density at radius 2 is 1.89 bits per heavy atom. The third-order valence-electron chi connectivity index (χ3n) is 6.89. The summed E-state index contributed by atoms with van der Waals surface area (Å²) in [5.74, 6) is -0.730. The van der Waals surface area contributed by atoms with Crippen molar-refractivity contribution in [2.45, 2.75) is 71.4 Å². The van der Waals surface area contributed by atoms with E-state index in [0.717, 1.165) is 18.4 Å². The van der Waals surface area contributed by atoms with Gasteiger partial charge < -0.3 is 29.7 Å². The van der Waals surface area contributed by atoms with E-state index in [2.05, 4.69) is 10.6 Å². The van der Waals surface area contributed by atoms with E-state index >= 15 is 4.39 Å². The second-order valence-electron chi connectivity index (χ2n) is 10.5. The topological polar surface area (TPSA) is 89.1 Å². The first-order chi connectivity index (χ1) is 17.8. The number of ether oxygens (including phenoxy) is 3. The highest BCUT2D eigenvalue weighted by Gasteiger charge is 2.41. The van der Waals surface area contributed by atoms with Crippen LogP contribution in [0.5, 0.6) is 5.75 Å². The normalized spacial score (nSPS) is 20.5. The number of nitrogens with zero attached hydrogens (tertiary/aromatic N) is 1. The summed E-state index contributed by atoms with van der Waals surface area (Å²) in [4.78, 5) is 28.3. The lowest BCUT2D eigenvalue weighted by Gasteiger charge is -2.34. The number of anilines is 1. The Morgan fingerprint density at radius 3 is 2.54 bits per heavy atom. The highest BCUT2D eigenvalue weighted by Crippen LogP contribution is 2.40. The van der Waals surface area contributed by atoms with Gasteiger partial charge in [0, 0.05) is 58.0 Å². The Morgan fingerprint density at radius 1 is 1.16 bits per heavy atom. The monoisotopic (exact) mass is 521 g/mol. The number of piperidine rings is 1. The molecule has 9 heteroatoms. The standard InChI is InChI=1S/C28H44FN3O5/c1-6-36-17-19(4)31-27(33)20-12-21(16-30-15-20)28(34)32(22-8-9-22)25-14-26(37-11-7-10-35-5)23(18(2)3)13-24(25)29/h13-14,18-22,30H,6-12,15-17H2,1-5H3,(H,31,33)/t19-,20+,21-/m1/s1. The van der Waals surface area contributed by atoms with E-state index in [1.165, 1.54) is 6.07 Å². The smallest absolute Gasteiger partial charge is 0.231 e. The van der Waals surface area contributed by atoms with Gasteiger partial charge in [-0.25, -0.2) is 4.39 Å². The number of hydrogen-bond donors (Lipinski definition) is 2. The average molecular weight is 522 g/mol.